The predicted molar refractivity (Wildman–Crippen MR) is 115 cm³/mol. The summed E-state index contributed by atoms with van der Waals surface area (Å²) >= 11 is 2.63. The van der Waals surface area contributed by atoms with Crippen LogP contribution in [0.4, 0.5) is 4.39 Å². The molecule has 0 radical (unpaired) electrons. The Balaban J connectivity index is 1.34. The zero-order chi connectivity index (χ0) is 20.9. The topological polar surface area (TPSA) is 98.7 Å². The molecule has 0 atom stereocenters. The first-order valence-corrected chi connectivity index (χ1v) is 10.8. The highest BCUT2D eigenvalue weighted by atomic mass is 32.2. The highest BCUT2D eigenvalue weighted by Gasteiger charge is 2.14. The van der Waals surface area contributed by atoms with E-state index in [4.69, 9.17) is 5.84 Å². The number of carbonyl (C=O) groups is 1. The number of nitrogen functional groups attached to an aromatic ring is 1. The number of imidazole rings is 1. The Hall–Kier alpha value is -3.24. The monoisotopic (exact) mass is 440 g/mol. The van der Waals surface area contributed by atoms with E-state index in [9.17, 15) is 9.18 Å². The molecule has 2 aromatic heterocycles. The number of carbonyl (C=O) groups excluding carboxylic acids is 1. The number of nitrogens with two attached hydrogens (primary N) is 1. The maximum Gasteiger partial charge on any atom is 0.282 e. The number of benzene rings is 2. The highest BCUT2D eigenvalue weighted by molar-refractivity contribution is 7.98. The molecular weight excluding hydrogens is 423 g/mol. The average Bonchev–Trinajstić information content (AvgIpc) is 3.39. The first-order valence-electron chi connectivity index (χ1n) is 8.96. The number of nitrogens with zero attached hydrogens (tertiary/aromatic N) is 4. The average molecular weight is 441 g/mol. The molecule has 0 unspecified atom stereocenters. The van der Waals surface area contributed by atoms with Gasteiger partial charge in [0.15, 0.2) is 5.16 Å². The summed E-state index contributed by atoms with van der Waals surface area (Å²) in [6, 6.07) is 15.7. The van der Waals surface area contributed by atoms with Crippen LogP contribution in [0.3, 0.4) is 0 Å². The first-order chi connectivity index (χ1) is 14.6. The summed E-state index contributed by atoms with van der Waals surface area (Å²) in [7, 11) is 0. The van der Waals surface area contributed by atoms with Crippen LogP contribution < -0.4 is 11.2 Å². The number of amides is 1. The summed E-state index contributed by atoms with van der Waals surface area (Å²) in [6.45, 7) is 0.287. The second kappa shape index (κ2) is 9.06. The molecule has 0 fully saturated rings. The van der Waals surface area contributed by atoms with Gasteiger partial charge in [0.2, 0.25) is 5.01 Å². The van der Waals surface area contributed by atoms with Gasteiger partial charge in [-0.1, -0.05) is 65.6 Å². The largest absolute Gasteiger partial charge is 0.346 e. The number of hydrogen-bond acceptors (Lipinski definition) is 7. The molecule has 1 amide bonds. The van der Waals surface area contributed by atoms with Crippen molar-refractivity contribution in [3.63, 3.8) is 0 Å². The molecule has 0 saturated heterocycles. The Morgan fingerprint density at radius 1 is 1.13 bits per heavy atom. The molecule has 0 spiro atoms. The summed E-state index contributed by atoms with van der Waals surface area (Å²) in [6.07, 6.45) is 1.77. The highest BCUT2D eigenvalue weighted by Crippen LogP contribution is 2.26. The van der Waals surface area contributed by atoms with E-state index in [1.165, 1.54) is 39.9 Å². The molecular formula is C20H17FN6OS2. The van der Waals surface area contributed by atoms with Crippen molar-refractivity contribution in [1.29, 1.82) is 0 Å². The van der Waals surface area contributed by atoms with Crippen LogP contribution >= 0.6 is 23.1 Å². The Labute approximate surface area is 180 Å². The van der Waals surface area contributed by atoms with Gasteiger partial charge in [0.1, 0.15) is 10.8 Å². The lowest BCUT2D eigenvalue weighted by molar-refractivity contribution is 0.0950. The van der Waals surface area contributed by atoms with Crippen molar-refractivity contribution in [2.75, 3.05) is 5.84 Å². The number of rotatable bonds is 7. The maximum atomic E-state index is 12.9. The van der Waals surface area contributed by atoms with Gasteiger partial charge in [-0.15, -0.1) is 10.2 Å². The molecule has 4 aromatic rings. The van der Waals surface area contributed by atoms with Crippen LogP contribution in [0.2, 0.25) is 0 Å². The van der Waals surface area contributed by atoms with Crippen molar-refractivity contribution in [2.24, 2.45) is 0 Å². The summed E-state index contributed by atoms with van der Waals surface area (Å²) in [5.41, 5.74) is 2.58. The number of nitrogens with one attached hydrogen (secondary N) is 1. The minimum Gasteiger partial charge on any atom is -0.346 e. The lowest BCUT2D eigenvalue weighted by atomic mass is 10.2. The smallest absolute Gasteiger partial charge is 0.282 e. The molecule has 30 heavy (non-hydrogen) atoms. The van der Waals surface area contributed by atoms with E-state index in [-0.39, 0.29) is 23.3 Å². The third kappa shape index (κ3) is 4.84. The molecule has 7 nitrogen and oxygen atoms in total. The van der Waals surface area contributed by atoms with Gasteiger partial charge in [-0.2, -0.15) is 0 Å². The molecule has 10 heteroatoms. The van der Waals surface area contributed by atoms with Gasteiger partial charge in [-0.3, -0.25) is 4.79 Å². The summed E-state index contributed by atoms with van der Waals surface area (Å²) < 4.78 is 14.4. The molecule has 4 rings (SSSR count). The molecule has 0 aliphatic rings. The van der Waals surface area contributed by atoms with Crippen molar-refractivity contribution in [3.8, 4) is 11.3 Å². The van der Waals surface area contributed by atoms with Crippen LogP contribution in [-0.2, 0) is 12.3 Å². The van der Waals surface area contributed by atoms with Gasteiger partial charge in [0.05, 0.1) is 17.6 Å². The van der Waals surface area contributed by atoms with Crippen molar-refractivity contribution in [3.05, 3.63) is 82.2 Å². The van der Waals surface area contributed by atoms with Crippen LogP contribution in [0.25, 0.3) is 11.3 Å². The molecule has 3 N–H and O–H groups in total. The lowest BCUT2D eigenvalue weighted by Gasteiger charge is -2.02. The van der Waals surface area contributed by atoms with E-state index in [2.05, 4.69) is 20.5 Å². The molecule has 152 valence electrons. The summed E-state index contributed by atoms with van der Waals surface area (Å²) in [5, 5.41) is 12.4. The maximum absolute atomic E-state index is 12.9. The number of aromatic nitrogens is 4. The Kier molecular flexibility index (Phi) is 6.05. The van der Waals surface area contributed by atoms with Crippen molar-refractivity contribution < 1.29 is 9.18 Å². The minimum atomic E-state index is -0.320. The predicted octanol–water partition coefficient (Wildman–Crippen LogP) is 3.48. The van der Waals surface area contributed by atoms with Gasteiger partial charge < -0.3 is 11.2 Å². The summed E-state index contributed by atoms with van der Waals surface area (Å²) in [4.78, 5) is 16.8. The molecule has 2 aromatic carbocycles. The van der Waals surface area contributed by atoms with Gasteiger partial charge in [-0.25, -0.2) is 14.1 Å². The van der Waals surface area contributed by atoms with E-state index in [1.807, 2.05) is 30.3 Å². The molecule has 0 aliphatic carbocycles. The fraction of sp³-hybridized carbons (Fsp3) is 0.100. The standard InChI is InChI=1S/C20H17FN6OS2/c21-15-8-6-13(7-9-15)10-23-18(28)19-26-25-17(30-19)12-29-20-24-16(11-27(20)22)14-4-2-1-3-5-14/h1-9,11H,10,12,22H2,(H,23,28). The third-order valence-corrected chi connectivity index (χ3v) is 6.20. The van der Waals surface area contributed by atoms with Crippen LogP contribution in [-0.4, -0.2) is 25.8 Å². The van der Waals surface area contributed by atoms with Gasteiger partial charge in [0.25, 0.3) is 5.91 Å². The second-order valence-corrected chi connectivity index (χ2v) is 8.29. The number of thioether (sulfide) groups is 1. The van der Waals surface area contributed by atoms with E-state index in [0.29, 0.717) is 15.9 Å². The minimum absolute atomic E-state index is 0.272. The quantitative estimate of drug-likeness (QED) is 0.337. The van der Waals surface area contributed by atoms with Crippen LogP contribution in [0.15, 0.2) is 66.0 Å². The molecule has 0 aliphatic heterocycles. The normalized spacial score (nSPS) is 10.8. The van der Waals surface area contributed by atoms with E-state index >= 15 is 0 Å². The van der Waals surface area contributed by atoms with Crippen molar-refractivity contribution in [2.45, 2.75) is 17.5 Å². The zero-order valence-electron chi connectivity index (χ0n) is 15.7. The molecule has 2 heterocycles. The van der Waals surface area contributed by atoms with Gasteiger partial charge in [-0.05, 0) is 17.7 Å². The van der Waals surface area contributed by atoms with Gasteiger partial charge in [0, 0.05) is 12.1 Å². The van der Waals surface area contributed by atoms with Crippen LogP contribution in [0.5, 0.6) is 0 Å². The van der Waals surface area contributed by atoms with Crippen LogP contribution in [0, 0.1) is 5.82 Å². The van der Waals surface area contributed by atoms with E-state index in [0.717, 1.165) is 16.8 Å². The Morgan fingerprint density at radius 2 is 1.90 bits per heavy atom. The van der Waals surface area contributed by atoms with Gasteiger partial charge >= 0.3 is 0 Å². The van der Waals surface area contributed by atoms with Crippen molar-refractivity contribution >= 4 is 29.0 Å². The fourth-order valence-corrected chi connectivity index (χ4v) is 4.26. The number of halogens is 1. The first kappa shape index (κ1) is 20.0. The SMILES string of the molecule is Nn1cc(-c2ccccc2)nc1SCc1nnc(C(=O)NCc2ccc(F)cc2)s1. The van der Waals surface area contributed by atoms with E-state index in [1.54, 1.807) is 18.3 Å². The lowest BCUT2D eigenvalue weighted by Crippen LogP contribution is -2.22. The molecule has 0 bridgehead atoms. The summed E-state index contributed by atoms with van der Waals surface area (Å²) in [5.74, 6) is 5.87. The Morgan fingerprint density at radius 3 is 2.67 bits per heavy atom. The fourth-order valence-electron chi connectivity index (χ4n) is 2.62. The van der Waals surface area contributed by atoms with Crippen LogP contribution in [0.1, 0.15) is 20.4 Å². The number of hydrogen-bond donors (Lipinski definition) is 2. The second-order valence-electron chi connectivity index (χ2n) is 6.28. The zero-order valence-corrected chi connectivity index (χ0v) is 17.3. The Bertz CT molecular complexity index is 1140. The molecule has 0 saturated carbocycles. The third-order valence-electron chi connectivity index (χ3n) is 4.12. The van der Waals surface area contributed by atoms with Crippen molar-refractivity contribution in [1.82, 2.24) is 25.2 Å². The van der Waals surface area contributed by atoms with E-state index < -0.39 is 0 Å².